The maximum atomic E-state index is 11.7. The third-order valence-electron chi connectivity index (χ3n) is 9.22. The zero-order valence-corrected chi connectivity index (χ0v) is 23.0. The number of carbonyl (C=O) groups is 2. The van der Waals surface area contributed by atoms with E-state index in [1.165, 1.54) is 0 Å². The molecule has 4 aliphatic rings. The normalized spacial score (nSPS) is 46.1. The molecular weight excluding hydrogens is 460 g/mol. The smallest absolute Gasteiger partial charge is 0.217 e. The maximum absolute atomic E-state index is 11.7. The molecule has 36 heavy (non-hydrogen) atoms. The van der Waals surface area contributed by atoms with Crippen LogP contribution in [0.1, 0.15) is 80.1 Å². The Morgan fingerprint density at radius 1 is 0.583 bits per heavy atom. The number of nitrogens with one attached hydrogen (secondary N) is 2. The highest BCUT2D eigenvalue weighted by Gasteiger charge is 2.47. The molecule has 12 atom stereocenters. The molecule has 0 aromatic rings. The average molecular weight is 509 g/mol. The van der Waals surface area contributed by atoms with Crippen molar-refractivity contribution in [3.8, 4) is 0 Å². The first-order valence-corrected chi connectivity index (χ1v) is 14.2. The van der Waals surface area contributed by atoms with Gasteiger partial charge in [-0.3, -0.25) is 9.59 Å². The highest BCUT2D eigenvalue weighted by Crippen LogP contribution is 2.41. The SMILES string of the molecule is CC(=O)NC1CCO[C@@H]([C@H]2CC[C@H](C)[C@@H]([C@H]3O[C@@H]([C@@H]4OCCC(NC(C)=O)[C@H]4C)CC[C@@H]3C)O2)[C@@H]1C. The van der Waals surface area contributed by atoms with Gasteiger partial charge >= 0.3 is 0 Å². The van der Waals surface area contributed by atoms with Gasteiger partial charge in [-0.25, -0.2) is 0 Å². The van der Waals surface area contributed by atoms with Crippen LogP contribution in [-0.4, -0.2) is 73.7 Å². The summed E-state index contributed by atoms with van der Waals surface area (Å²) in [6.45, 7) is 13.3. The predicted octanol–water partition coefficient (Wildman–Crippen LogP) is 3.21. The van der Waals surface area contributed by atoms with Gasteiger partial charge in [-0.05, 0) is 50.4 Å². The Balaban J connectivity index is 1.43. The van der Waals surface area contributed by atoms with Gasteiger partial charge in [0, 0.05) is 51.0 Å². The molecule has 0 aromatic carbocycles. The fourth-order valence-electron chi connectivity index (χ4n) is 7.05. The van der Waals surface area contributed by atoms with Crippen LogP contribution >= 0.6 is 0 Å². The van der Waals surface area contributed by atoms with Crippen LogP contribution in [0, 0.1) is 23.7 Å². The number of amides is 2. The van der Waals surface area contributed by atoms with Gasteiger partial charge in [-0.2, -0.15) is 0 Å². The number of hydrogen-bond donors (Lipinski definition) is 2. The Kier molecular flexibility index (Phi) is 9.34. The molecule has 4 heterocycles. The molecule has 2 unspecified atom stereocenters. The minimum absolute atomic E-state index is 0.00272. The van der Waals surface area contributed by atoms with Gasteiger partial charge in [0.25, 0.3) is 0 Å². The molecule has 2 N–H and O–H groups in total. The van der Waals surface area contributed by atoms with Crippen molar-refractivity contribution in [2.75, 3.05) is 13.2 Å². The van der Waals surface area contributed by atoms with E-state index in [1.807, 2.05) is 0 Å². The molecule has 0 bridgehead atoms. The van der Waals surface area contributed by atoms with E-state index < -0.39 is 0 Å². The summed E-state index contributed by atoms with van der Waals surface area (Å²) in [6, 6.07) is 0.247. The van der Waals surface area contributed by atoms with E-state index in [0.29, 0.717) is 25.0 Å². The molecule has 4 rings (SSSR count). The minimum Gasteiger partial charge on any atom is -0.375 e. The van der Waals surface area contributed by atoms with Crippen molar-refractivity contribution in [2.24, 2.45) is 23.7 Å². The van der Waals surface area contributed by atoms with Crippen LogP contribution in [0.5, 0.6) is 0 Å². The van der Waals surface area contributed by atoms with Crippen molar-refractivity contribution in [3.63, 3.8) is 0 Å². The van der Waals surface area contributed by atoms with E-state index in [2.05, 4.69) is 38.3 Å². The van der Waals surface area contributed by atoms with Gasteiger partial charge in [0.1, 0.15) is 0 Å². The molecule has 4 aliphatic heterocycles. The Labute approximate surface area is 216 Å². The van der Waals surface area contributed by atoms with Gasteiger partial charge in [0.05, 0.1) is 36.6 Å². The second-order valence-corrected chi connectivity index (χ2v) is 12.0. The second kappa shape index (κ2) is 12.1. The molecule has 0 spiro atoms. The first kappa shape index (κ1) is 27.8. The molecule has 0 aliphatic carbocycles. The first-order chi connectivity index (χ1) is 17.2. The van der Waals surface area contributed by atoms with Crippen LogP contribution < -0.4 is 10.6 Å². The van der Waals surface area contributed by atoms with Crippen LogP contribution in [0.4, 0.5) is 0 Å². The fourth-order valence-corrected chi connectivity index (χ4v) is 7.05. The molecule has 8 heteroatoms. The molecule has 4 fully saturated rings. The lowest BCUT2D eigenvalue weighted by Gasteiger charge is -2.50. The van der Waals surface area contributed by atoms with Gasteiger partial charge < -0.3 is 29.6 Å². The molecule has 8 nitrogen and oxygen atoms in total. The summed E-state index contributed by atoms with van der Waals surface area (Å²) in [5, 5.41) is 6.23. The monoisotopic (exact) mass is 508 g/mol. The summed E-state index contributed by atoms with van der Waals surface area (Å²) < 4.78 is 26.2. The Morgan fingerprint density at radius 2 is 0.972 bits per heavy atom. The van der Waals surface area contributed by atoms with Crippen LogP contribution in [0.3, 0.4) is 0 Å². The summed E-state index contributed by atoms with van der Waals surface area (Å²) in [5.74, 6) is 1.21. The number of hydrogen-bond acceptors (Lipinski definition) is 6. The van der Waals surface area contributed by atoms with Crippen LogP contribution in [0.25, 0.3) is 0 Å². The number of ether oxygens (including phenoxy) is 4. The van der Waals surface area contributed by atoms with Gasteiger partial charge in [-0.1, -0.05) is 27.7 Å². The zero-order chi connectivity index (χ0) is 26.0. The quantitative estimate of drug-likeness (QED) is 0.592. The predicted molar refractivity (Wildman–Crippen MR) is 136 cm³/mol. The summed E-state index contributed by atoms with van der Waals surface area (Å²) in [5.41, 5.74) is 0. The highest BCUT2D eigenvalue weighted by atomic mass is 16.6. The van der Waals surface area contributed by atoms with Crippen LogP contribution in [0.2, 0.25) is 0 Å². The number of rotatable bonds is 5. The van der Waals surface area contributed by atoms with E-state index in [9.17, 15) is 9.59 Å². The maximum Gasteiger partial charge on any atom is 0.217 e. The Morgan fingerprint density at radius 3 is 1.33 bits per heavy atom. The third kappa shape index (κ3) is 6.25. The van der Waals surface area contributed by atoms with Crippen molar-refractivity contribution >= 4 is 11.8 Å². The Bertz CT molecular complexity index is 702. The van der Waals surface area contributed by atoms with Crippen molar-refractivity contribution in [1.82, 2.24) is 10.6 Å². The van der Waals surface area contributed by atoms with Gasteiger partial charge in [0.2, 0.25) is 11.8 Å². The lowest BCUT2D eigenvalue weighted by molar-refractivity contribution is -0.241. The molecule has 2 amide bonds. The van der Waals surface area contributed by atoms with Gasteiger partial charge in [-0.15, -0.1) is 0 Å². The second-order valence-electron chi connectivity index (χ2n) is 12.0. The van der Waals surface area contributed by atoms with E-state index in [-0.39, 0.29) is 72.4 Å². The molecule has 206 valence electrons. The van der Waals surface area contributed by atoms with Crippen molar-refractivity contribution in [2.45, 2.75) is 129 Å². The molecule has 0 saturated carbocycles. The van der Waals surface area contributed by atoms with Crippen molar-refractivity contribution in [3.05, 3.63) is 0 Å². The first-order valence-electron chi connectivity index (χ1n) is 14.2. The lowest BCUT2D eigenvalue weighted by Crippen LogP contribution is -2.58. The summed E-state index contributed by atoms with van der Waals surface area (Å²) in [4.78, 5) is 23.4. The minimum atomic E-state index is -0.0274. The molecule has 0 radical (unpaired) electrons. The van der Waals surface area contributed by atoms with Crippen molar-refractivity contribution in [1.29, 1.82) is 0 Å². The van der Waals surface area contributed by atoms with E-state index in [4.69, 9.17) is 18.9 Å². The molecule has 4 saturated heterocycles. The summed E-state index contributed by atoms with van der Waals surface area (Å²) in [7, 11) is 0. The third-order valence-corrected chi connectivity index (χ3v) is 9.22. The fraction of sp³-hybridized carbons (Fsp3) is 0.929. The van der Waals surface area contributed by atoms with E-state index in [1.54, 1.807) is 13.8 Å². The zero-order valence-electron chi connectivity index (χ0n) is 23.0. The Hall–Kier alpha value is -1.22. The number of carbonyl (C=O) groups excluding carboxylic acids is 2. The highest BCUT2D eigenvalue weighted by molar-refractivity contribution is 5.73. The standard InChI is InChI=1S/C28H48N2O6/c1-15-7-9-23(27-17(3)21(11-13-33-27)29-19(5)31)35-25(15)26-16(2)8-10-24(36-26)28-18(4)22(12-14-34-28)30-20(6)32/h15-18,21-28H,7-14H2,1-6H3,(H,29,31)(H,30,32)/t15-,16-,17+,18+,21?,22?,23+,24+,25-,26-,27+,28+/m0/s1. The van der Waals surface area contributed by atoms with Crippen LogP contribution in [0.15, 0.2) is 0 Å². The average Bonchev–Trinajstić information content (AvgIpc) is 2.82. The van der Waals surface area contributed by atoms with E-state index in [0.717, 1.165) is 38.5 Å². The summed E-state index contributed by atoms with van der Waals surface area (Å²) >= 11 is 0. The topological polar surface area (TPSA) is 95.1 Å². The van der Waals surface area contributed by atoms with Gasteiger partial charge in [0.15, 0.2) is 0 Å². The lowest BCUT2D eigenvalue weighted by atomic mass is 9.78. The largest absolute Gasteiger partial charge is 0.375 e. The van der Waals surface area contributed by atoms with E-state index >= 15 is 0 Å². The molecular formula is C28H48N2O6. The molecule has 0 aromatic heterocycles. The van der Waals surface area contributed by atoms with Crippen molar-refractivity contribution < 1.29 is 28.5 Å². The summed E-state index contributed by atoms with van der Waals surface area (Å²) in [6.07, 6.45) is 5.71. The van der Waals surface area contributed by atoms with Crippen LogP contribution in [-0.2, 0) is 28.5 Å².